The summed E-state index contributed by atoms with van der Waals surface area (Å²) in [5.41, 5.74) is 1.16. The van der Waals surface area contributed by atoms with Gasteiger partial charge in [0.2, 0.25) is 5.91 Å². The third kappa shape index (κ3) is 4.90. The van der Waals surface area contributed by atoms with Crippen molar-refractivity contribution in [1.29, 1.82) is 5.26 Å². The molecule has 2 aliphatic heterocycles. The van der Waals surface area contributed by atoms with Gasteiger partial charge in [0.15, 0.2) is 0 Å². The second kappa shape index (κ2) is 9.81. The Labute approximate surface area is 210 Å². The number of aromatic nitrogens is 1. The number of aliphatic hydroxyl groups is 1. The summed E-state index contributed by atoms with van der Waals surface area (Å²) in [6.07, 6.45) is 6.50. The van der Waals surface area contributed by atoms with Crippen molar-refractivity contribution in [3.63, 3.8) is 0 Å². The van der Waals surface area contributed by atoms with Gasteiger partial charge < -0.3 is 20.3 Å². The number of halogens is 1. The van der Waals surface area contributed by atoms with Gasteiger partial charge in [0.1, 0.15) is 24.0 Å². The van der Waals surface area contributed by atoms with Crippen LogP contribution < -0.4 is 10.6 Å². The topological polar surface area (TPSA) is 121 Å². The number of carbonyl (C=O) groups excluding carboxylic acids is 2. The lowest BCUT2D eigenvalue weighted by Crippen LogP contribution is -2.49. The Hall–Kier alpha value is -2.60. The molecular formula is C26H32ClN5O3. The molecule has 5 rings (SSSR count). The second-order valence-corrected chi connectivity index (χ2v) is 10.9. The largest absolute Gasteiger partial charge is 0.378 e. The number of likely N-dealkylation sites (tertiary alicyclic amines) is 1. The van der Waals surface area contributed by atoms with E-state index in [0.29, 0.717) is 36.6 Å². The Kier molecular flexibility index (Phi) is 6.75. The average Bonchev–Trinajstić information content (AvgIpc) is 3.56. The van der Waals surface area contributed by atoms with Crippen molar-refractivity contribution >= 4 is 34.3 Å². The van der Waals surface area contributed by atoms with E-state index in [9.17, 15) is 20.0 Å². The van der Waals surface area contributed by atoms with Crippen LogP contribution >= 0.6 is 11.6 Å². The van der Waals surface area contributed by atoms with Gasteiger partial charge in [-0.15, -0.1) is 0 Å². The van der Waals surface area contributed by atoms with E-state index >= 15 is 0 Å². The summed E-state index contributed by atoms with van der Waals surface area (Å²) in [5.74, 6) is -0.570. The van der Waals surface area contributed by atoms with Gasteiger partial charge >= 0.3 is 0 Å². The Morgan fingerprint density at radius 1 is 1.29 bits per heavy atom. The molecule has 2 amide bonds. The minimum atomic E-state index is -0.711. The second-order valence-electron chi connectivity index (χ2n) is 10.5. The summed E-state index contributed by atoms with van der Waals surface area (Å²) in [6, 6.07) is 8.09. The van der Waals surface area contributed by atoms with Crippen LogP contribution in [0.1, 0.15) is 61.9 Å². The normalized spacial score (nSPS) is 26.7. The molecule has 0 radical (unpaired) electrons. The Balaban J connectivity index is 1.37. The van der Waals surface area contributed by atoms with Gasteiger partial charge in [-0.2, -0.15) is 5.26 Å². The van der Waals surface area contributed by atoms with Crippen LogP contribution in [0.2, 0.25) is 5.02 Å². The first-order chi connectivity index (χ1) is 16.9. The molecule has 2 saturated heterocycles. The summed E-state index contributed by atoms with van der Waals surface area (Å²) >= 11 is 6.11. The Bertz CT molecular complexity index is 1150. The highest BCUT2D eigenvalue weighted by molar-refractivity contribution is 6.31. The molecule has 186 valence electrons. The monoisotopic (exact) mass is 497 g/mol. The lowest BCUT2D eigenvalue weighted by molar-refractivity contribution is -0.125. The summed E-state index contributed by atoms with van der Waals surface area (Å²) < 4.78 is 0. The van der Waals surface area contributed by atoms with E-state index in [1.165, 1.54) is 6.42 Å². The zero-order valence-corrected chi connectivity index (χ0v) is 20.5. The molecule has 1 aromatic heterocycles. The van der Waals surface area contributed by atoms with Crippen molar-refractivity contribution in [2.75, 3.05) is 13.1 Å². The summed E-state index contributed by atoms with van der Waals surface area (Å²) in [7, 11) is 0. The molecule has 3 heterocycles. The van der Waals surface area contributed by atoms with Crippen molar-refractivity contribution < 1.29 is 14.7 Å². The fraction of sp³-hybridized carbons (Fsp3) is 0.577. The van der Waals surface area contributed by atoms with E-state index in [1.807, 2.05) is 6.07 Å². The predicted octanol–water partition coefficient (Wildman–Crippen LogP) is 3.31. The van der Waals surface area contributed by atoms with Crippen molar-refractivity contribution in [1.82, 2.24) is 20.5 Å². The molecule has 3 fully saturated rings. The number of fused-ring (bicyclic) bond motifs is 1. The Morgan fingerprint density at radius 3 is 2.80 bits per heavy atom. The standard InChI is InChI=1S/C26H32ClN5O3/c27-18-5-4-16-11-21(31-20(16)12-18)25(35)32-15-26(7-2-1-3-8-26)13-22(32)24(34)30-19(14-28)10-17-6-9-29-23(17)33/h4-5,11-12,17,19,22-23,29,31,33H,1-3,6-10,13,15H2,(H,30,34)/t17-,19-,22-,23?/m0/s1. The molecule has 4 N–H and O–H groups in total. The average molecular weight is 498 g/mol. The maximum atomic E-state index is 13.7. The molecule has 2 aromatic rings. The zero-order chi connectivity index (χ0) is 24.6. The molecule has 1 unspecified atom stereocenters. The number of hydrogen-bond acceptors (Lipinski definition) is 5. The number of hydrogen-bond donors (Lipinski definition) is 4. The van der Waals surface area contributed by atoms with E-state index in [0.717, 1.165) is 43.0 Å². The first-order valence-corrected chi connectivity index (χ1v) is 13.0. The molecule has 1 aliphatic carbocycles. The molecule has 9 heteroatoms. The molecule has 1 saturated carbocycles. The van der Waals surface area contributed by atoms with Gasteiger partial charge in [-0.05, 0) is 62.3 Å². The van der Waals surface area contributed by atoms with E-state index in [-0.39, 0.29) is 23.1 Å². The van der Waals surface area contributed by atoms with Gasteiger partial charge in [-0.3, -0.25) is 14.9 Å². The first kappa shape index (κ1) is 24.1. The van der Waals surface area contributed by atoms with Crippen LogP contribution in [0, 0.1) is 22.7 Å². The molecular weight excluding hydrogens is 466 g/mol. The molecule has 35 heavy (non-hydrogen) atoms. The highest BCUT2D eigenvalue weighted by Gasteiger charge is 2.49. The molecule has 8 nitrogen and oxygen atoms in total. The van der Waals surface area contributed by atoms with Crippen LogP contribution in [0.25, 0.3) is 10.9 Å². The molecule has 4 atom stereocenters. The van der Waals surface area contributed by atoms with Crippen LogP contribution in [-0.2, 0) is 4.79 Å². The number of aromatic amines is 1. The fourth-order valence-corrected chi connectivity index (χ4v) is 6.41. The van der Waals surface area contributed by atoms with Crippen molar-refractivity contribution in [2.45, 2.75) is 69.7 Å². The number of aliphatic hydroxyl groups excluding tert-OH is 1. The molecule has 1 spiro atoms. The van der Waals surface area contributed by atoms with Crippen LogP contribution in [-0.4, -0.2) is 58.2 Å². The van der Waals surface area contributed by atoms with Crippen molar-refractivity contribution in [3.8, 4) is 6.07 Å². The smallest absolute Gasteiger partial charge is 0.271 e. The number of benzene rings is 1. The van der Waals surface area contributed by atoms with Gasteiger partial charge in [0.25, 0.3) is 5.91 Å². The van der Waals surface area contributed by atoms with Crippen molar-refractivity contribution in [2.24, 2.45) is 11.3 Å². The number of H-pyrrole nitrogens is 1. The highest BCUT2D eigenvalue weighted by atomic mass is 35.5. The quantitative estimate of drug-likeness (QED) is 0.505. The molecule has 1 aromatic carbocycles. The lowest BCUT2D eigenvalue weighted by atomic mass is 9.72. The number of carbonyl (C=O) groups is 2. The number of nitriles is 1. The van der Waals surface area contributed by atoms with Gasteiger partial charge in [-0.1, -0.05) is 36.9 Å². The molecule has 0 bridgehead atoms. The van der Waals surface area contributed by atoms with E-state index in [4.69, 9.17) is 11.6 Å². The summed E-state index contributed by atoms with van der Waals surface area (Å²) in [5, 5.41) is 27.1. The van der Waals surface area contributed by atoms with Crippen LogP contribution in [0.4, 0.5) is 0 Å². The van der Waals surface area contributed by atoms with Crippen LogP contribution in [0.5, 0.6) is 0 Å². The first-order valence-electron chi connectivity index (χ1n) is 12.6. The third-order valence-corrected chi connectivity index (χ3v) is 8.36. The minimum absolute atomic E-state index is 0.0566. The van der Waals surface area contributed by atoms with Crippen LogP contribution in [0.3, 0.4) is 0 Å². The van der Waals surface area contributed by atoms with E-state index < -0.39 is 18.3 Å². The lowest BCUT2D eigenvalue weighted by Gasteiger charge is -2.32. The Morgan fingerprint density at radius 2 is 2.09 bits per heavy atom. The summed E-state index contributed by atoms with van der Waals surface area (Å²) in [6.45, 7) is 1.24. The minimum Gasteiger partial charge on any atom is -0.378 e. The van der Waals surface area contributed by atoms with Gasteiger partial charge in [0, 0.05) is 28.4 Å². The number of nitrogens with one attached hydrogen (secondary N) is 3. The fourth-order valence-electron chi connectivity index (χ4n) is 6.24. The maximum Gasteiger partial charge on any atom is 0.271 e. The van der Waals surface area contributed by atoms with Crippen molar-refractivity contribution in [3.05, 3.63) is 35.0 Å². The maximum absolute atomic E-state index is 13.7. The zero-order valence-electron chi connectivity index (χ0n) is 19.7. The van der Waals surface area contributed by atoms with E-state index in [2.05, 4.69) is 21.7 Å². The van der Waals surface area contributed by atoms with E-state index in [1.54, 1.807) is 23.1 Å². The predicted molar refractivity (Wildman–Crippen MR) is 133 cm³/mol. The SMILES string of the molecule is N#C[C@H](C[C@@H]1CCNC1O)NC(=O)[C@@H]1CC2(CCCCC2)CN1C(=O)c1cc2ccc(Cl)cc2[nH]1. The number of amides is 2. The summed E-state index contributed by atoms with van der Waals surface area (Å²) in [4.78, 5) is 32.1. The third-order valence-electron chi connectivity index (χ3n) is 8.13. The highest BCUT2D eigenvalue weighted by Crippen LogP contribution is 2.46. The van der Waals surface area contributed by atoms with Crippen LogP contribution in [0.15, 0.2) is 24.3 Å². The number of nitrogens with zero attached hydrogens (tertiary/aromatic N) is 2. The van der Waals surface area contributed by atoms with Gasteiger partial charge in [0.05, 0.1) is 6.07 Å². The number of rotatable bonds is 5. The molecule has 3 aliphatic rings. The van der Waals surface area contributed by atoms with Gasteiger partial charge in [-0.25, -0.2) is 0 Å².